The average molecular weight is 557 g/mol. The van der Waals surface area contributed by atoms with E-state index in [4.69, 9.17) is 9.47 Å². The number of aromatic nitrogens is 2. The lowest BCUT2D eigenvalue weighted by molar-refractivity contribution is 0.0405. The van der Waals surface area contributed by atoms with Gasteiger partial charge >= 0.3 is 6.03 Å². The molecular formula is C28H31F3N6O3. The molecule has 2 aromatic carbocycles. The standard InChI is InChI=1S/C28H31F3N6O3/c1-16(19-4-3-5-20(25(19)29)26(30)31)32-27-21-12-23-24(13-22(21)33-17(2)34-27)40-15-18-14-36(6-7-37(18)23)28(38)35-8-10-39-11-9-35/h3-5,12-13,16,18,26H,6-11,14-15H2,1-2H3,(H,32,33,34)/t16-,18-/m1/s1. The smallest absolute Gasteiger partial charge is 0.320 e. The number of nitrogens with one attached hydrogen (secondary N) is 1. The monoisotopic (exact) mass is 556 g/mol. The minimum Gasteiger partial charge on any atom is -0.489 e. The number of amides is 2. The normalized spacial score (nSPS) is 19.8. The van der Waals surface area contributed by atoms with Gasteiger partial charge in [-0.1, -0.05) is 18.2 Å². The average Bonchev–Trinajstić information content (AvgIpc) is 2.95. The minimum atomic E-state index is -2.90. The van der Waals surface area contributed by atoms with E-state index in [1.54, 1.807) is 13.8 Å². The van der Waals surface area contributed by atoms with Gasteiger partial charge in [0.1, 0.15) is 29.8 Å². The third-order valence-corrected chi connectivity index (χ3v) is 7.78. The van der Waals surface area contributed by atoms with Crippen LogP contribution in [0.15, 0.2) is 30.3 Å². The van der Waals surface area contributed by atoms with Crippen LogP contribution in [0.25, 0.3) is 10.9 Å². The molecule has 1 aromatic heterocycles. The van der Waals surface area contributed by atoms with Crippen molar-refractivity contribution in [1.29, 1.82) is 0 Å². The van der Waals surface area contributed by atoms with Crippen molar-refractivity contribution >= 4 is 28.4 Å². The van der Waals surface area contributed by atoms with Crippen LogP contribution in [0.5, 0.6) is 5.75 Å². The zero-order valence-corrected chi connectivity index (χ0v) is 22.4. The minimum absolute atomic E-state index is 0.0171. The number of alkyl halides is 2. The fraction of sp³-hybridized carbons (Fsp3) is 0.464. The molecule has 2 amide bonds. The van der Waals surface area contributed by atoms with Gasteiger partial charge in [-0.2, -0.15) is 0 Å². The number of halogens is 3. The van der Waals surface area contributed by atoms with Crippen molar-refractivity contribution in [2.24, 2.45) is 0 Å². The van der Waals surface area contributed by atoms with E-state index in [0.29, 0.717) is 80.8 Å². The maximum Gasteiger partial charge on any atom is 0.320 e. The molecule has 0 bridgehead atoms. The lowest BCUT2D eigenvalue weighted by Crippen LogP contribution is -2.61. The van der Waals surface area contributed by atoms with Gasteiger partial charge in [0.15, 0.2) is 0 Å². The van der Waals surface area contributed by atoms with Gasteiger partial charge in [-0.25, -0.2) is 27.9 Å². The number of benzene rings is 2. The van der Waals surface area contributed by atoms with E-state index in [2.05, 4.69) is 20.2 Å². The van der Waals surface area contributed by atoms with E-state index in [1.807, 2.05) is 21.9 Å². The maximum absolute atomic E-state index is 14.9. The van der Waals surface area contributed by atoms with E-state index in [1.165, 1.54) is 12.1 Å². The third kappa shape index (κ3) is 4.85. The molecule has 6 rings (SSSR count). The number of carbonyl (C=O) groups is 1. The second-order valence-corrected chi connectivity index (χ2v) is 10.4. The quantitative estimate of drug-likeness (QED) is 0.506. The second kappa shape index (κ2) is 10.6. The highest BCUT2D eigenvalue weighted by atomic mass is 19.3. The van der Waals surface area contributed by atoms with Crippen molar-refractivity contribution in [2.45, 2.75) is 32.4 Å². The Labute approximate surface area is 229 Å². The van der Waals surface area contributed by atoms with Crippen molar-refractivity contribution < 1.29 is 27.4 Å². The molecule has 0 unspecified atom stereocenters. The zero-order valence-electron chi connectivity index (χ0n) is 22.4. The molecule has 2 atom stereocenters. The number of urea groups is 1. The van der Waals surface area contributed by atoms with Gasteiger partial charge in [0, 0.05) is 49.7 Å². The van der Waals surface area contributed by atoms with E-state index in [9.17, 15) is 18.0 Å². The van der Waals surface area contributed by atoms with Gasteiger partial charge in [-0.15, -0.1) is 0 Å². The summed E-state index contributed by atoms with van der Waals surface area (Å²) in [5.41, 5.74) is 1.03. The van der Waals surface area contributed by atoms with Gasteiger partial charge in [0.05, 0.1) is 42.1 Å². The van der Waals surface area contributed by atoms with Crippen LogP contribution in [0, 0.1) is 12.7 Å². The van der Waals surface area contributed by atoms with Crippen LogP contribution in [0.2, 0.25) is 0 Å². The number of piperazine rings is 1. The van der Waals surface area contributed by atoms with Gasteiger partial charge in [0.25, 0.3) is 6.43 Å². The van der Waals surface area contributed by atoms with Crippen molar-refractivity contribution in [2.75, 3.05) is 62.8 Å². The molecule has 1 N–H and O–H groups in total. The molecule has 4 heterocycles. The molecule has 3 aromatic rings. The SMILES string of the molecule is Cc1nc(N[C@H](C)c2cccc(C(F)F)c2F)c2cc3c(cc2n1)OC[C@H]1CN(C(=O)N2CCOCC2)CCN31. The highest BCUT2D eigenvalue weighted by Crippen LogP contribution is 2.40. The van der Waals surface area contributed by atoms with Crippen LogP contribution in [-0.2, 0) is 4.74 Å². The summed E-state index contributed by atoms with van der Waals surface area (Å²) in [6, 6.07) is 7.22. The predicted molar refractivity (Wildman–Crippen MR) is 144 cm³/mol. The lowest BCUT2D eigenvalue weighted by Gasteiger charge is -2.46. The lowest BCUT2D eigenvalue weighted by atomic mass is 10.0. The van der Waals surface area contributed by atoms with Crippen LogP contribution >= 0.6 is 0 Å². The summed E-state index contributed by atoms with van der Waals surface area (Å²) in [5, 5.41) is 3.93. The molecule has 0 spiro atoms. The highest BCUT2D eigenvalue weighted by Gasteiger charge is 2.36. The topological polar surface area (TPSA) is 83.1 Å². The molecule has 3 aliphatic heterocycles. The van der Waals surface area contributed by atoms with E-state index in [0.717, 1.165) is 11.8 Å². The first-order chi connectivity index (χ1) is 19.3. The van der Waals surface area contributed by atoms with Crippen molar-refractivity contribution in [3.63, 3.8) is 0 Å². The number of hydrogen-bond acceptors (Lipinski definition) is 7. The number of aryl methyl sites for hydroxylation is 1. The van der Waals surface area contributed by atoms with Gasteiger partial charge < -0.3 is 29.5 Å². The van der Waals surface area contributed by atoms with E-state index >= 15 is 0 Å². The molecule has 3 aliphatic rings. The number of fused-ring (bicyclic) bond motifs is 4. The molecule has 2 saturated heterocycles. The maximum atomic E-state index is 14.9. The van der Waals surface area contributed by atoms with Gasteiger partial charge in [0.2, 0.25) is 0 Å². The van der Waals surface area contributed by atoms with E-state index in [-0.39, 0.29) is 17.6 Å². The van der Waals surface area contributed by atoms with Crippen molar-refractivity contribution in [3.05, 3.63) is 53.1 Å². The van der Waals surface area contributed by atoms with Crippen LogP contribution in [-0.4, -0.2) is 84.4 Å². The third-order valence-electron chi connectivity index (χ3n) is 7.78. The second-order valence-electron chi connectivity index (χ2n) is 10.4. The van der Waals surface area contributed by atoms with Crippen molar-refractivity contribution in [1.82, 2.24) is 19.8 Å². The molecular weight excluding hydrogens is 525 g/mol. The Morgan fingerprint density at radius 1 is 1.07 bits per heavy atom. The Balaban J connectivity index is 1.28. The molecule has 12 heteroatoms. The molecule has 0 radical (unpaired) electrons. The molecule has 212 valence electrons. The first-order valence-corrected chi connectivity index (χ1v) is 13.5. The molecule has 40 heavy (non-hydrogen) atoms. The summed E-state index contributed by atoms with van der Waals surface area (Å²) in [5.74, 6) is 0.756. The predicted octanol–water partition coefficient (Wildman–Crippen LogP) is 4.52. The fourth-order valence-corrected chi connectivity index (χ4v) is 5.69. The summed E-state index contributed by atoms with van der Waals surface area (Å²) >= 11 is 0. The Kier molecular flexibility index (Phi) is 7.03. The number of carbonyl (C=O) groups excluding carboxylic acids is 1. The first-order valence-electron chi connectivity index (χ1n) is 13.5. The number of hydrogen-bond donors (Lipinski definition) is 1. The fourth-order valence-electron chi connectivity index (χ4n) is 5.69. The number of morpholine rings is 1. The summed E-state index contributed by atoms with van der Waals surface area (Å²) in [6.07, 6.45) is -2.90. The van der Waals surface area contributed by atoms with Crippen LogP contribution in [0.3, 0.4) is 0 Å². The zero-order chi connectivity index (χ0) is 28.0. The Morgan fingerprint density at radius 3 is 2.62 bits per heavy atom. The van der Waals surface area contributed by atoms with E-state index < -0.39 is 23.8 Å². The molecule has 0 aliphatic carbocycles. The summed E-state index contributed by atoms with van der Waals surface area (Å²) in [7, 11) is 0. The first kappa shape index (κ1) is 26.4. The molecule has 0 saturated carbocycles. The van der Waals surface area contributed by atoms with Crippen molar-refractivity contribution in [3.8, 4) is 5.75 Å². The van der Waals surface area contributed by atoms with Gasteiger partial charge in [-0.05, 0) is 19.9 Å². The number of ether oxygens (including phenoxy) is 2. The number of anilines is 2. The van der Waals surface area contributed by atoms with Crippen LogP contribution < -0.4 is 15.0 Å². The largest absolute Gasteiger partial charge is 0.489 e. The van der Waals surface area contributed by atoms with Gasteiger partial charge in [-0.3, -0.25) is 0 Å². The number of nitrogens with zero attached hydrogens (tertiary/aromatic N) is 5. The Hall–Kier alpha value is -3.80. The summed E-state index contributed by atoms with van der Waals surface area (Å²) < 4.78 is 53.0. The van der Waals surface area contributed by atoms with Crippen LogP contribution in [0.4, 0.5) is 29.5 Å². The van der Waals surface area contributed by atoms with Crippen LogP contribution in [0.1, 0.15) is 36.3 Å². The Bertz CT molecular complexity index is 1430. The summed E-state index contributed by atoms with van der Waals surface area (Å²) in [4.78, 5) is 28.2. The molecule has 2 fully saturated rings. The Morgan fingerprint density at radius 2 is 1.85 bits per heavy atom. The number of rotatable bonds is 4. The summed E-state index contributed by atoms with van der Waals surface area (Å²) in [6.45, 7) is 7.97. The molecule has 9 nitrogen and oxygen atoms in total. The highest BCUT2D eigenvalue weighted by molar-refractivity contribution is 5.94.